The second-order valence-electron chi connectivity index (χ2n) is 3.99. The van der Waals surface area contributed by atoms with E-state index in [0.717, 1.165) is 18.2 Å². The van der Waals surface area contributed by atoms with Crippen molar-refractivity contribution < 1.29 is 0 Å². The Hall–Kier alpha value is -0.550. The lowest BCUT2D eigenvalue weighted by Gasteiger charge is -2.22. The van der Waals surface area contributed by atoms with Crippen molar-refractivity contribution in [2.45, 2.75) is 32.4 Å². The predicted octanol–water partition coefficient (Wildman–Crippen LogP) is 1.11. The molecule has 0 amide bonds. The van der Waals surface area contributed by atoms with Crippen LogP contribution >= 0.6 is 11.8 Å². The average molecular weight is 226 g/mol. The largest absolute Gasteiger partial charge is 0.317 e. The standard InChI is InChI=1S/C10H18N4S/c1-8-12-13-10(14(8)2)7-11-9-3-5-15-6-4-9/h9,11H,3-7H2,1-2H3. The monoisotopic (exact) mass is 226 g/mol. The van der Waals surface area contributed by atoms with Gasteiger partial charge in [-0.15, -0.1) is 10.2 Å². The molecule has 1 saturated heterocycles. The van der Waals surface area contributed by atoms with Crippen molar-refractivity contribution in [3.8, 4) is 0 Å². The van der Waals surface area contributed by atoms with Crippen LogP contribution in [0.1, 0.15) is 24.5 Å². The van der Waals surface area contributed by atoms with Gasteiger partial charge in [-0.05, 0) is 31.3 Å². The van der Waals surface area contributed by atoms with Gasteiger partial charge in [-0.25, -0.2) is 0 Å². The van der Waals surface area contributed by atoms with E-state index < -0.39 is 0 Å². The second-order valence-corrected chi connectivity index (χ2v) is 5.21. The lowest BCUT2D eigenvalue weighted by Crippen LogP contribution is -2.32. The van der Waals surface area contributed by atoms with Gasteiger partial charge in [0, 0.05) is 13.1 Å². The van der Waals surface area contributed by atoms with Crippen molar-refractivity contribution in [3.05, 3.63) is 11.6 Å². The first kappa shape index (κ1) is 11.0. The first-order valence-corrected chi connectivity index (χ1v) is 6.59. The summed E-state index contributed by atoms with van der Waals surface area (Å²) in [4.78, 5) is 0. The Balaban J connectivity index is 1.84. The lowest BCUT2D eigenvalue weighted by atomic mass is 10.1. The van der Waals surface area contributed by atoms with E-state index in [0.29, 0.717) is 6.04 Å². The first-order valence-electron chi connectivity index (χ1n) is 5.43. The number of nitrogens with zero attached hydrogens (tertiary/aromatic N) is 3. The maximum atomic E-state index is 4.14. The van der Waals surface area contributed by atoms with Crippen LogP contribution in [0.5, 0.6) is 0 Å². The summed E-state index contributed by atoms with van der Waals surface area (Å²) >= 11 is 2.05. The van der Waals surface area contributed by atoms with Crippen molar-refractivity contribution in [2.24, 2.45) is 7.05 Å². The summed E-state index contributed by atoms with van der Waals surface area (Å²) in [6.07, 6.45) is 2.56. The highest BCUT2D eigenvalue weighted by molar-refractivity contribution is 7.99. The van der Waals surface area contributed by atoms with Crippen LogP contribution in [0.25, 0.3) is 0 Å². The highest BCUT2D eigenvalue weighted by atomic mass is 32.2. The Morgan fingerprint density at radius 3 is 2.73 bits per heavy atom. The summed E-state index contributed by atoms with van der Waals surface area (Å²) in [5.74, 6) is 4.59. The fraction of sp³-hybridized carbons (Fsp3) is 0.800. The molecule has 1 N–H and O–H groups in total. The average Bonchev–Trinajstić information content (AvgIpc) is 2.59. The van der Waals surface area contributed by atoms with E-state index >= 15 is 0 Å². The van der Waals surface area contributed by atoms with Gasteiger partial charge in [-0.2, -0.15) is 11.8 Å². The van der Waals surface area contributed by atoms with Crippen LogP contribution in [0.3, 0.4) is 0 Å². The van der Waals surface area contributed by atoms with Crippen LogP contribution < -0.4 is 5.32 Å². The van der Waals surface area contributed by atoms with Crippen molar-refractivity contribution in [1.29, 1.82) is 0 Å². The molecule has 0 radical (unpaired) electrons. The molecule has 4 nitrogen and oxygen atoms in total. The molecule has 1 fully saturated rings. The molecule has 15 heavy (non-hydrogen) atoms. The fourth-order valence-electron chi connectivity index (χ4n) is 1.74. The van der Waals surface area contributed by atoms with Gasteiger partial charge < -0.3 is 9.88 Å². The Bertz CT molecular complexity index is 317. The minimum atomic E-state index is 0.670. The molecule has 0 aliphatic carbocycles. The molecule has 84 valence electrons. The van der Waals surface area contributed by atoms with Gasteiger partial charge in [-0.3, -0.25) is 0 Å². The molecule has 0 spiro atoms. The third-order valence-corrected chi connectivity index (χ3v) is 4.00. The maximum absolute atomic E-state index is 4.14. The van der Waals surface area contributed by atoms with E-state index in [4.69, 9.17) is 0 Å². The van der Waals surface area contributed by atoms with Gasteiger partial charge >= 0.3 is 0 Å². The summed E-state index contributed by atoms with van der Waals surface area (Å²) in [6.45, 7) is 2.82. The second kappa shape index (κ2) is 4.99. The lowest BCUT2D eigenvalue weighted by molar-refractivity contribution is 0.469. The van der Waals surface area contributed by atoms with Crippen molar-refractivity contribution in [2.75, 3.05) is 11.5 Å². The van der Waals surface area contributed by atoms with E-state index in [2.05, 4.69) is 27.3 Å². The van der Waals surface area contributed by atoms with E-state index in [1.54, 1.807) is 0 Å². The van der Waals surface area contributed by atoms with Crippen molar-refractivity contribution in [1.82, 2.24) is 20.1 Å². The molecule has 2 heterocycles. The molecule has 5 heteroatoms. The third-order valence-electron chi connectivity index (χ3n) is 2.95. The van der Waals surface area contributed by atoms with Crippen LogP contribution in [-0.2, 0) is 13.6 Å². The third kappa shape index (κ3) is 2.72. The molecular formula is C10H18N4S. The molecule has 0 bridgehead atoms. The predicted molar refractivity (Wildman–Crippen MR) is 62.9 cm³/mol. The number of hydrogen-bond acceptors (Lipinski definition) is 4. The zero-order valence-electron chi connectivity index (χ0n) is 9.36. The highest BCUT2D eigenvalue weighted by Gasteiger charge is 2.14. The summed E-state index contributed by atoms with van der Waals surface area (Å²) in [6, 6.07) is 0.670. The first-order chi connectivity index (χ1) is 7.27. The summed E-state index contributed by atoms with van der Waals surface area (Å²) < 4.78 is 2.05. The van der Waals surface area contributed by atoms with Crippen molar-refractivity contribution >= 4 is 11.8 Å². The van der Waals surface area contributed by atoms with Crippen LogP contribution in [0, 0.1) is 6.92 Å². The minimum Gasteiger partial charge on any atom is -0.317 e. The Kier molecular flexibility index (Phi) is 3.64. The number of thioether (sulfide) groups is 1. The number of nitrogens with one attached hydrogen (secondary N) is 1. The molecule has 0 aromatic carbocycles. The number of aryl methyl sites for hydroxylation is 1. The van der Waals surface area contributed by atoms with Gasteiger partial charge in [0.15, 0.2) is 0 Å². The molecule has 0 unspecified atom stereocenters. The zero-order valence-corrected chi connectivity index (χ0v) is 10.2. The van der Waals surface area contributed by atoms with E-state index in [9.17, 15) is 0 Å². The van der Waals surface area contributed by atoms with E-state index in [1.807, 2.05) is 18.5 Å². The fourth-order valence-corrected chi connectivity index (χ4v) is 2.85. The SMILES string of the molecule is Cc1nnc(CNC2CCSCC2)n1C. The van der Waals surface area contributed by atoms with Gasteiger partial charge in [0.2, 0.25) is 0 Å². The molecule has 0 atom stereocenters. The highest BCUT2D eigenvalue weighted by Crippen LogP contribution is 2.17. The summed E-state index contributed by atoms with van der Waals surface area (Å²) in [5.41, 5.74) is 0. The van der Waals surface area contributed by atoms with Crippen LogP contribution in [0.2, 0.25) is 0 Å². The number of rotatable bonds is 3. The van der Waals surface area contributed by atoms with Gasteiger partial charge in [-0.1, -0.05) is 0 Å². The summed E-state index contributed by atoms with van der Waals surface area (Å²) in [5, 5.41) is 11.7. The van der Waals surface area contributed by atoms with Crippen LogP contribution in [0.15, 0.2) is 0 Å². The Labute approximate surface area is 94.8 Å². The van der Waals surface area contributed by atoms with Gasteiger partial charge in [0.25, 0.3) is 0 Å². The van der Waals surface area contributed by atoms with Crippen LogP contribution in [-0.4, -0.2) is 32.3 Å². The van der Waals surface area contributed by atoms with Gasteiger partial charge in [0.05, 0.1) is 6.54 Å². The normalized spacial score (nSPS) is 18.3. The maximum Gasteiger partial charge on any atom is 0.146 e. The molecule has 1 aromatic heterocycles. The molecule has 0 saturated carbocycles. The van der Waals surface area contributed by atoms with E-state index in [1.165, 1.54) is 24.3 Å². The van der Waals surface area contributed by atoms with E-state index in [-0.39, 0.29) is 0 Å². The topological polar surface area (TPSA) is 42.7 Å². The molecule has 1 aliphatic rings. The smallest absolute Gasteiger partial charge is 0.146 e. The molecule has 2 rings (SSSR count). The number of hydrogen-bond donors (Lipinski definition) is 1. The Morgan fingerprint density at radius 2 is 2.13 bits per heavy atom. The quantitative estimate of drug-likeness (QED) is 0.838. The van der Waals surface area contributed by atoms with Crippen molar-refractivity contribution in [3.63, 3.8) is 0 Å². The summed E-state index contributed by atoms with van der Waals surface area (Å²) in [7, 11) is 2.02. The van der Waals surface area contributed by atoms with Gasteiger partial charge in [0.1, 0.15) is 11.6 Å². The minimum absolute atomic E-state index is 0.670. The molecule has 1 aromatic rings. The Morgan fingerprint density at radius 1 is 1.40 bits per heavy atom. The number of aromatic nitrogens is 3. The zero-order chi connectivity index (χ0) is 10.7. The molecular weight excluding hydrogens is 208 g/mol. The molecule has 1 aliphatic heterocycles. The van der Waals surface area contributed by atoms with Crippen LogP contribution in [0.4, 0.5) is 0 Å².